The van der Waals surface area contributed by atoms with Crippen molar-refractivity contribution in [3.63, 3.8) is 0 Å². The lowest BCUT2D eigenvalue weighted by Gasteiger charge is -2.14. The number of para-hydroxylation sites is 1. The first-order chi connectivity index (χ1) is 8.83. The number of hydrogen-bond acceptors (Lipinski definition) is 5. The molecule has 0 aliphatic heterocycles. The van der Waals surface area contributed by atoms with Crippen molar-refractivity contribution < 1.29 is 24.1 Å². The number of aliphatic hydroxyl groups is 1. The third kappa shape index (κ3) is 4.37. The number of rotatable bonds is 8. The van der Waals surface area contributed by atoms with E-state index >= 15 is 0 Å². The largest absolute Gasteiger partial charge is 0.464 e. The molecule has 1 aromatic rings. The fourth-order valence-electron chi connectivity index (χ4n) is 1.35. The molecule has 0 radical (unpaired) electrons. The maximum Gasteiger partial charge on any atom is 0.188 e. The summed E-state index contributed by atoms with van der Waals surface area (Å²) in [6.07, 6.45) is 3.37. The maximum atomic E-state index is 8.80. The molecule has 1 rings (SSSR count). The molecule has 5 nitrogen and oxygen atoms in total. The van der Waals surface area contributed by atoms with Crippen LogP contribution in [-0.4, -0.2) is 39.5 Å². The summed E-state index contributed by atoms with van der Waals surface area (Å²) in [5.41, 5.74) is 0.801. The summed E-state index contributed by atoms with van der Waals surface area (Å²) >= 11 is 0. The highest BCUT2D eigenvalue weighted by Crippen LogP contribution is 2.32. The topological polar surface area (TPSA) is 57.2 Å². The molecule has 0 aromatic heterocycles. The molecule has 0 saturated heterocycles. The monoisotopic (exact) mass is 254 g/mol. The molecule has 0 fully saturated rings. The first-order valence-corrected chi connectivity index (χ1v) is 5.47. The molecule has 1 aromatic carbocycles. The maximum absolute atomic E-state index is 8.80. The number of aliphatic hydroxyl groups excluding tert-OH is 1. The quantitative estimate of drug-likeness (QED) is 0.715. The second-order valence-corrected chi connectivity index (χ2v) is 3.36. The van der Waals surface area contributed by atoms with E-state index < -0.39 is 0 Å². The van der Waals surface area contributed by atoms with E-state index in [1.807, 2.05) is 12.1 Å². The molecule has 100 valence electrons. The van der Waals surface area contributed by atoms with Crippen molar-refractivity contribution in [3.8, 4) is 11.5 Å². The van der Waals surface area contributed by atoms with Gasteiger partial charge in [0.05, 0.1) is 6.61 Å². The normalized spacial score (nSPS) is 10.8. The molecule has 0 spiro atoms. The first-order valence-electron chi connectivity index (χ1n) is 5.47. The van der Waals surface area contributed by atoms with Crippen LogP contribution < -0.4 is 9.47 Å². The summed E-state index contributed by atoms with van der Waals surface area (Å²) in [7, 11) is 3.09. The standard InChI is InChI=1S/C13H18O5/c1-15-9-17-12-7-3-5-11(6-4-8-14)13(12)18-10-16-2/h3-7,14H,8-10H2,1-2H3. The van der Waals surface area contributed by atoms with Crippen molar-refractivity contribution >= 4 is 6.08 Å². The predicted molar refractivity (Wildman–Crippen MR) is 67.6 cm³/mol. The summed E-state index contributed by atoms with van der Waals surface area (Å²) in [5.74, 6) is 1.12. The summed E-state index contributed by atoms with van der Waals surface area (Å²) in [6.45, 7) is 0.219. The molecule has 0 unspecified atom stereocenters. The molecular weight excluding hydrogens is 236 g/mol. The number of ether oxygens (including phenoxy) is 4. The minimum atomic E-state index is -0.0348. The highest BCUT2D eigenvalue weighted by atomic mass is 16.7. The van der Waals surface area contributed by atoms with Crippen LogP contribution in [-0.2, 0) is 9.47 Å². The third-order valence-electron chi connectivity index (χ3n) is 2.07. The van der Waals surface area contributed by atoms with Crippen LogP contribution in [0.5, 0.6) is 11.5 Å². The number of hydrogen-bond donors (Lipinski definition) is 1. The van der Waals surface area contributed by atoms with Gasteiger partial charge in [0.2, 0.25) is 0 Å². The van der Waals surface area contributed by atoms with E-state index in [0.29, 0.717) is 11.5 Å². The minimum absolute atomic E-state index is 0.0348. The van der Waals surface area contributed by atoms with Crippen molar-refractivity contribution in [3.05, 3.63) is 29.8 Å². The molecule has 0 atom stereocenters. The fraction of sp³-hybridized carbons (Fsp3) is 0.385. The predicted octanol–water partition coefficient (Wildman–Crippen LogP) is 1.66. The lowest BCUT2D eigenvalue weighted by molar-refractivity contribution is 0.0321. The van der Waals surface area contributed by atoms with Gasteiger partial charge in [-0.3, -0.25) is 0 Å². The zero-order valence-corrected chi connectivity index (χ0v) is 10.6. The summed E-state index contributed by atoms with van der Waals surface area (Å²) in [6, 6.07) is 5.47. The van der Waals surface area contributed by atoms with Crippen molar-refractivity contribution in [2.75, 3.05) is 34.4 Å². The Morgan fingerprint density at radius 2 is 1.83 bits per heavy atom. The van der Waals surface area contributed by atoms with Gasteiger partial charge in [-0.15, -0.1) is 0 Å². The Kier molecular flexibility index (Phi) is 6.86. The first kappa shape index (κ1) is 14.5. The van der Waals surface area contributed by atoms with Gasteiger partial charge in [0, 0.05) is 19.8 Å². The molecule has 5 heteroatoms. The van der Waals surface area contributed by atoms with Crippen molar-refractivity contribution in [1.82, 2.24) is 0 Å². The van der Waals surface area contributed by atoms with Crippen LogP contribution in [0.2, 0.25) is 0 Å². The Labute approximate surface area is 107 Å². The van der Waals surface area contributed by atoms with Gasteiger partial charge in [0.1, 0.15) is 0 Å². The van der Waals surface area contributed by atoms with E-state index in [1.54, 1.807) is 32.4 Å². The van der Waals surface area contributed by atoms with Crippen LogP contribution in [0.15, 0.2) is 24.3 Å². The van der Waals surface area contributed by atoms with Gasteiger partial charge >= 0.3 is 0 Å². The van der Waals surface area contributed by atoms with Gasteiger partial charge in [-0.05, 0) is 6.07 Å². The Balaban J connectivity index is 2.96. The molecule has 1 N–H and O–H groups in total. The lowest BCUT2D eigenvalue weighted by atomic mass is 10.1. The Hall–Kier alpha value is -1.56. The van der Waals surface area contributed by atoms with Gasteiger partial charge in [-0.1, -0.05) is 24.3 Å². The van der Waals surface area contributed by atoms with Crippen LogP contribution in [0.1, 0.15) is 5.56 Å². The SMILES string of the molecule is COCOc1cccc(C=CCO)c1OCOC. The molecule has 0 heterocycles. The van der Waals surface area contributed by atoms with E-state index in [4.69, 9.17) is 24.1 Å². The van der Waals surface area contributed by atoms with Crippen molar-refractivity contribution in [2.45, 2.75) is 0 Å². The third-order valence-corrected chi connectivity index (χ3v) is 2.07. The van der Waals surface area contributed by atoms with Gasteiger partial charge in [0.15, 0.2) is 25.1 Å². The van der Waals surface area contributed by atoms with Gasteiger partial charge in [-0.2, -0.15) is 0 Å². The van der Waals surface area contributed by atoms with Gasteiger partial charge in [0.25, 0.3) is 0 Å². The summed E-state index contributed by atoms with van der Waals surface area (Å²) < 4.78 is 20.6. The molecule has 0 amide bonds. The Morgan fingerprint density at radius 1 is 1.11 bits per heavy atom. The van der Waals surface area contributed by atoms with Crippen LogP contribution in [0.25, 0.3) is 6.08 Å². The van der Waals surface area contributed by atoms with Gasteiger partial charge in [-0.25, -0.2) is 0 Å². The van der Waals surface area contributed by atoms with Gasteiger partial charge < -0.3 is 24.1 Å². The second-order valence-electron chi connectivity index (χ2n) is 3.36. The number of methoxy groups -OCH3 is 2. The summed E-state index contributed by atoms with van der Waals surface area (Å²) in [4.78, 5) is 0. The molecule has 0 saturated carbocycles. The van der Waals surface area contributed by atoms with E-state index in [9.17, 15) is 0 Å². The Morgan fingerprint density at radius 3 is 2.50 bits per heavy atom. The zero-order valence-electron chi connectivity index (χ0n) is 10.6. The smallest absolute Gasteiger partial charge is 0.188 e. The van der Waals surface area contributed by atoms with Crippen LogP contribution in [0, 0.1) is 0 Å². The Bertz CT molecular complexity index is 376. The van der Waals surface area contributed by atoms with Crippen molar-refractivity contribution in [2.24, 2.45) is 0 Å². The zero-order chi connectivity index (χ0) is 13.2. The second kappa shape index (κ2) is 8.52. The van der Waals surface area contributed by atoms with E-state index in [0.717, 1.165) is 5.56 Å². The van der Waals surface area contributed by atoms with Crippen LogP contribution >= 0.6 is 0 Å². The average Bonchev–Trinajstić information content (AvgIpc) is 2.41. The van der Waals surface area contributed by atoms with Crippen LogP contribution in [0.4, 0.5) is 0 Å². The van der Waals surface area contributed by atoms with E-state index in [-0.39, 0.29) is 20.2 Å². The summed E-state index contributed by atoms with van der Waals surface area (Å²) in [5, 5.41) is 8.80. The van der Waals surface area contributed by atoms with Crippen molar-refractivity contribution in [1.29, 1.82) is 0 Å². The molecule has 18 heavy (non-hydrogen) atoms. The number of benzene rings is 1. The van der Waals surface area contributed by atoms with Crippen LogP contribution in [0.3, 0.4) is 0 Å². The molecular formula is C13H18O5. The molecule has 0 bridgehead atoms. The molecule has 0 aliphatic rings. The lowest BCUT2D eigenvalue weighted by Crippen LogP contribution is -2.05. The average molecular weight is 254 g/mol. The highest BCUT2D eigenvalue weighted by Gasteiger charge is 2.09. The highest BCUT2D eigenvalue weighted by molar-refractivity contribution is 5.62. The van der Waals surface area contributed by atoms with E-state index in [1.165, 1.54) is 0 Å². The minimum Gasteiger partial charge on any atom is -0.464 e. The molecule has 0 aliphatic carbocycles. The fourth-order valence-corrected chi connectivity index (χ4v) is 1.35. The van der Waals surface area contributed by atoms with E-state index in [2.05, 4.69) is 0 Å².